The Labute approximate surface area is 185 Å². The molecule has 2 amide bonds. The fourth-order valence-corrected chi connectivity index (χ4v) is 4.35. The van der Waals surface area contributed by atoms with Crippen molar-refractivity contribution in [2.75, 3.05) is 34.3 Å². The number of H-pyrrole nitrogens is 1. The molecule has 2 aromatic carbocycles. The Kier molecular flexibility index (Phi) is 4.90. The van der Waals surface area contributed by atoms with Gasteiger partial charge in [0.05, 0.1) is 23.9 Å². The molecule has 0 spiro atoms. The van der Waals surface area contributed by atoms with Crippen LogP contribution in [0.3, 0.4) is 0 Å². The summed E-state index contributed by atoms with van der Waals surface area (Å²) in [4.78, 5) is 38.3. The molecule has 7 heteroatoms. The van der Waals surface area contributed by atoms with Crippen molar-refractivity contribution in [3.8, 4) is 17.0 Å². The number of methoxy groups -OCH3 is 1. The summed E-state index contributed by atoms with van der Waals surface area (Å²) in [6.07, 6.45) is 0.703. The van der Waals surface area contributed by atoms with Crippen LogP contribution in [0.2, 0.25) is 0 Å². The zero-order chi connectivity index (χ0) is 22.4. The average molecular weight is 428 g/mol. The normalized spacial score (nSPS) is 13.6. The maximum atomic E-state index is 13.4. The van der Waals surface area contributed by atoms with Crippen LogP contribution in [0.5, 0.6) is 5.75 Å². The number of carbonyl (C=O) groups excluding carboxylic acids is 2. The van der Waals surface area contributed by atoms with Crippen LogP contribution in [-0.4, -0.2) is 65.9 Å². The molecule has 3 heterocycles. The van der Waals surface area contributed by atoms with E-state index in [-0.39, 0.29) is 17.5 Å². The topological polar surface area (TPSA) is 78.5 Å². The maximum absolute atomic E-state index is 13.4. The summed E-state index contributed by atoms with van der Waals surface area (Å²) in [5, 5.41) is 1.56. The highest BCUT2D eigenvalue weighted by molar-refractivity contribution is 6.30. The monoisotopic (exact) mass is 428 g/mol. The summed E-state index contributed by atoms with van der Waals surface area (Å²) in [5.74, 6) is 0.0644. The molecule has 0 atom stereocenters. The van der Waals surface area contributed by atoms with Crippen molar-refractivity contribution >= 4 is 33.6 Å². The minimum absolute atomic E-state index is 0.218. The molecule has 1 aliphatic heterocycles. The number of amides is 2. The lowest BCUT2D eigenvalue weighted by Gasteiger charge is -2.15. The standard InChI is InChI=1S/C25H24N4O3/c1-28(2)12-7-13-29-24(30)20-19-17-14-16(32-3)10-11-18(17)26-22(19)21(27-23(20)25(29)31)15-8-5-4-6-9-15/h4-6,8-11,14,26H,7,12-13H2,1-3H3. The van der Waals surface area contributed by atoms with E-state index in [0.717, 1.165) is 33.9 Å². The van der Waals surface area contributed by atoms with Crippen molar-refractivity contribution in [3.63, 3.8) is 0 Å². The first-order valence-corrected chi connectivity index (χ1v) is 10.6. The summed E-state index contributed by atoms with van der Waals surface area (Å²) < 4.78 is 5.42. The number of rotatable bonds is 6. The number of imide groups is 1. The fourth-order valence-electron chi connectivity index (χ4n) is 4.35. The van der Waals surface area contributed by atoms with Crippen molar-refractivity contribution in [1.82, 2.24) is 19.8 Å². The minimum atomic E-state index is -0.333. The first-order chi connectivity index (χ1) is 15.5. The van der Waals surface area contributed by atoms with Crippen LogP contribution in [0.25, 0.3) is 33.1 Å². The smallest absolute Gasteiger partial charge is 0.280 e. The van der Waals surface area contributed by atoms with Gasteiger partial charge in [-0.15, -0.1) is 0 Å². The predicted octanol–water partition coefficient (Wildman–Crippen LogP) is 3.94. The summed E-state index contributed by atoms with van der Waals surface area (Å²) in [6, 6.07) is 15.4. The van der Waals surface area contributed by atoms with E-state index in [1.807, 2.05) is 67.5 Å². The van der Waals surface area contributed by atoms with E-state index in [9.17, 15) is 9.59 Å². The number of carbonyl (C=O) groups is 2. The first kappa shape index (κ1) is 20.2. The molecule has 0 saturated heterocycles. The second-order valence-electron chi connectivity index (χ2n) is 8.26. The van der Waals surface area contributed by atoms with E-state index in [0.29, 0.717) is 30.0 Å². The van der Waals surface area contributed by atoms with Crippen molar-refractivity contribution in [3.05, 3.63) is 59.8 Å². The molecule has 0 saturated carbocycles. The zero-order valence-electron chi connectivity index (χ0n) is 18.3. The van der Waals surface area contributed by atoms with Gasteiger partial charge in [-0.25, -0.2) is 4.98 Å². The van der Waals surface area contributed by atoms with Gasteiger partial charge in [-0.2, -0.15) is 0 Å². The predicted molar refractivity (Wildman–Crippen MR) is 124 cm³/mol. The van der Waals surface area contributed by atoms with Crippen LogP contribution in [0.15, 0.2) is 48.5 Å². The highest BCUT2D eigenvalue weighted by Crippen LogP contribution is 2.39. The van der Waals surface area contributed by atoms with Crippen molar-refractivity contribution < 1.29 is 14.3 Å². The third-order valence-corrected chi connectivity index (χ3v) is 5.89. The molecule has 1 aliphatic rings. The van der Waals surface area contributed by atoms with Crippen LogP contribution in [0, 0.1) is 0 Å². The Balaban J connectivity index is 1.76. The van der Waals surface area contributed by atoms with Crippen LogP contribution < -0.4 is 4.74 Å². The number of hydrogen-bond donors (Lipinski definition) is 1. The highest BCUT2D eigenvalue weighted by Gasteiger charge is 2.40. The van der Waals surface area contributed by atoms with Crippen molar-refractivity contribution in [1.29, 1.82) is 0 Å². The lowest BCUT2D eigenvalue weighted by Crippen LogP contribution is -2.32. The molecule has 4 aromatic rings. The number of ether oxygens (including phenoxy) is 1. The molecule has 0 unspecified atom stereocenters. The van der Waals surface area contributed by atoms with Crippen molar-refractivity contribution in [2.45, 2.75) is 6.42 Å². The van der Waals surface area contributed by atoms with Crippen LogP contribution in [0.1, 0.15) is 27.3 Å². The third-order valence-electron chi connectivity index (χ3n) is 5.89. The quantitative estimate of drug-likeness (QED) is 0.471. The Morgan fingerprint density at radius 1 is 1.03 bits per heavy atom. The van der Waals surface area contributed by atoms with E-state index in [2.05, 4.69) is 4.98 Å². The van der Waals surface area contributed by atoms with E-state index in [4.69, 9.17) is 9.72 Å². The number of aromatic amines is 1. The van der Waals surface area contributed by atoms with Gasteiger partial charge in [0.1, 0.15) is 11.4 Å². The molecular formula is C25H24N4O3. The van der Waals surface area contributed by atoms with Gasteiger partial charge in [0, 0.05) is 28.4 Å². The van der Waals surface area contributed by atoms with Gasteiger partial charge in [-0.3, -0.25) is 14.5 Å². The van der Waals surface area contributed by atoms with Gasteiger partial charge >= 0.3 is 0 Å². The lowest BCUT2D eigenvalue weighted by molar-refractivity contribution is 0.0648. The molecule has 0 bridgehead atoms. The van der Waals surface area contributed by atoms with Gasteiger partial charge < -0.3 is 14.6 Å². The molecule has 0 radical (unpaired) electrons. The molecule has 7 nitrogen and oxygen atoms in total. The van der Waals surface area contributed by atoms with Gasteiger partial charge in [-0.1, -0.05) is 30.3 Å². The van der Waals surface area contributed by atoms with Gasteiger partial charge in [0.2, 0.25) is 0 Å². The van der Waals surface area contributed by atoms with Crippen LogP contribution in [-0.2, 0) is 0 Å². The number of benzene rings is 2. The molecule has 0 aliphatic carbocycles. The second kappa shape index (κ2) is 7.76. The Hall–Kier alpha value is -3.71. The molecule has 1 N–H and O–H groups in total. The number of hydrogen-bond acceptors (Lipinski definition) is 5. The summed E-state index contributed by atoms with van der Waals surface area (Å²) in [7, 11) is 5.55. The van der Waals surface area contributed by atoms with E-state index >= 15 is 0 Å². The van der Waals surface area contributed by atoms with E-state index in [1.54, 1.807) is 7.11 Å². The third kappa shape index (κ3) is 3.13. The Morgan fingerprint density at radius 2 is 1.81 bits per heavy atom. The average Bonchev–Trinajstić information content (AvgIpc) is 3.29. The van der Waals surface area contributed by atoms with Gasteiger partial charge in [-0.05, 0) is 45.3 Å². The van der Waals surface area contributed by atoms with Gasteiger partial charge in [0.25, 0.3) is 11.8 Å². The number of nitrogens with one attached hydrogen (secondary N) is 1. The Bertz CT molecular complexity index is 1360. The maximum Gasteiger partial charge on any atom is 0.280 e. The number of pyridine rings is 1. The molecule has 5 rings (SSSR count). The highest BCUT2D eigenvalue weighted by atomic mass is 16.5. The number of fused-ring (bicyclic) bond motifs is 5. The van der Waals surface area contributed by atoms with Crippen LogP contribution in [0.4, 0.5) is 0 Å². The fraction of sp³-hybridized carbons (Fsp3) is 0.240. The SMILES string of the molecule is COc1ccc2[nH]c3c(-c4ccccc4)nc4c(c3c2c1)C(=O)N(CCCN(C)C)C4=O. The lowest BCUT2D eigenvalue weighted by atomic mass is 10.0. The number of aromatic nitrogens is 2. The zero-order valence-corrected chi connectivity index (χ0v) is 18.3. The largest absolute Gasteiger partial charge is 0.497 e. The second-order valence-corrected chi connectivity index (χ2v) is 8.26. The van der Waals surface area contributed by atoms with E-state index < -0.39 is 0 Å². The van der Waals surface area contributed by atoms with Gasteiger partial charge in [0.15, 0.2) is 0 Å². The Morgan fingerprint density at radius 3 is 2.53 bits per heavy atom. The molecular weight excluding hydrogens is 404 g/mol. The van der Waals surface area contributed by atoms with Crippen LogP contribution >= 0.6 is 0 Å². The molecule has 0 fully saturated rings. The summed E-state index contributed by atoms with van der Waals surface area (Å²) >= 11 is 0. The minimum Gasteiger partial charge on any atom is -0.497 e. The summed E-state index contributed by atoms with van der Waals surface area (Å²) in [6.45, 7) is 1.15. The molecule has 162 valence electrons. The van der Waals surface area contributed by atoms with E-state index in [1.165, 1.54) is 4.90 Å². The van der Waals surface area contributed by atoms with Crippen molar-refractivity contribution in [2.24, 2.45) is 0 Å². The number of nitrogens with zero attached hydrogens (tertiary/aromatic N) is 3. The molecule has 2 aromatic heterocycles. The summed E-state index contributed by atoms with van der Waals surface area (Å²) in [5.41, 5.74) is 3.73. The first-order valence-electron chi connectivity index (χ1n) is 10.6. The molecule has 32 heavy (non-hydrogen) atoms.